The fraction of sp³-hybridized carbons (Fsp3) is 0.600. The first-order chi connectivity index (χ1) is 13.7. The Morgan fingerprint density at radius 3 is 1.76 bits per heavy atom. The van der Waals surface area contributed by atoms with Crippen molar-refractivity contribution in [3.05, 3.63) is 42.0 Å². The van der Waals surface area contributed by atoms with Crippen LogP contribution in [0.4, 0.5) is 0 Å². The Balaban J connectivity index is 0.00000420. The van der Waals surface area contributed by atoms with Crippen LogP contribution in [0.25, 0.3) is 10.8 Å². The van der Waals surface area contributed by atoms with Gasteiger partial charge in [0.25, 0.3) is 0 Å². The van der Waals surface area contributed by atoms with Crippen molar-refractivity contribution < 1.29 is 39.7 Å². The van der Waals surface area contributed by atoms with Crippen LogP contribution in [0.5, 0.6) is 0 Å². The predicted octanol–water partition coefficient (Wildman–Crippen LogP) is 5.17. The van der Waals surface area contributed by atoms with Gasteiger partial charge in [0.2, 0.25) is 0 Å². The van der Waals surface area contributed by atoms with Gasteiger partial charge in [-0.1, -0.05) is 114 Å². The van der Waals surface area contributed by atoms with Gasteiger partial charge in [-0.2, -0.15) is 0 Å². The quantitative estimate of drug-likeness (QED) is 0.242. The Kier molecular flexibility index (Phi) is 15.3. The van der Waals surface area contributed by atoms with Gasteiger partial charge >= 0.3 is 29.6 Å². The molecule has 1 unspecified atom stereocenters. The zero-order chi connectivity index (χ0) is 20.0. The molecule has 0 saturated heterocycles. The van der Waals surface area contributed by atoms with Gasteiger partial charge in [0.05, 0.1) is 4.90 Å². The minimum atomic E-state index is -1.93. The van der Waals surface area contributed by atoms with Crippen molar-refractivity contribution in [3.63, 3.8) is 0 Å². The van der Waals surface area contributed by atoms with Crippen molar-refractivity contribution in [2.45, 2.75) is 102 Å². The van der Waals surface area contributed by atoms with Crippen molar-refractivity contribution in [3.8, 4) is 0 Å². The molecule has 158 valence electrons. The molecule has 0 aromatic heterocycles. The van der Waals surface area contributed by atoms with Crippen molar-refractivity contribution in [1.82, 2.24) is 0 Å². The third-order valence-electron chi connectivity index (χ3n) is 5.71. The summed E-state index contributed by atoms with van der Waals surface area (Å²) in [5.41, 5.74) is 1.30. The van der Waals surface area contributed by atoms with E-state index < -0.39 is 11.1 Å². The van der Waals surface area contributed by atoms with Gasteiger partial charge in [-0.3, -0.25) is 0 Å². The van der Waals surface area contributed by atoms with Crippen molar-refractivity contribution in [1.29, 1.82) is 0 Å². The largest absolute Gasteiger partial charge is 1.00 e. The van der Waals surface area contributed by atoms with Crippen molar-refractivity contribution in [2.75, 3.05) is 0 Å². The second kappa shape index (κ2) is 16.5. The van der Waals surface area contributed by atoms with Gasteiger partial charge in [0, 0.05) is 5.39 Å². The maximum absolute atomic E-state index is 11.5. The van der Waals surface area contributed by atoms with E-state index in [4.69, 9.17) is 0 Å². The van der Waals surface area contributed by atoms with Crippen LogP contribution in [0.15, 0.2) is 41.3 Å². The SMILES string of the molecule is CCCCCCCCCCCCCCCc1cccc2c(S(=O)O)cccc12.[H-].[Na+]. The van der Waals surface area contributed by atoms with Crippen LogP contribution < -0.4 is 29.6 Å². The molecule has 0 aliphatic rings. The van der Waals surface area contributed by atoms with E-state index in [0.717, 1.165) is 17.2 Å². The van der Waals surface area contributed by atoms with Crippen molar-refractivity contribution in [2.24, 2.45) is 0 Å². The first-order valence-electron chi connectivity index (χ1n) is 11.4. The van der Waals surface area contributed by atoms with Crippen molar-refractivity contribution >= 4 is 21.9 Å². The molecule has 0 bridgehead atoms. The molecule has 1 atom stereocenters. The second-order valence-corrected chi connectivity index (χ2v) is 8.95. The molecule has 0 fully saturated rings. The fourth-order valence-electron chi connectivity index (χ4n) is 4.05. The van der Waals surface area contributed by atoms with Gasteiger partial charge in [-0.05, 0) is 29.9 Å². The maximum Gasteiger partial charge on any atom is 1.00 e. The number of fused-ring (bicyclic) bond motifs is 1. The van der Waals surface area contributed by atoms with Crippen LogP contribution in [0.3, 0.4) is 0 Å². The van der Waals surface area contributed by atoms with Gasteiger partial charge in [0.1, 0.15) is 0 Å². The molecule has 2 aromatic rings. The molecular weight excluding hydrogens is 387 g/mol. The van der Waals surface area contributed by atoms with E-state index >= 15 is 0 Å². The van der Waals surface area contributed by atoms with Crippen LogP contribution in [-0.4, -0.2) is 8.76 Å². The topological polar surface area (TPSA) is 37.3 Å². The summed E-state index contributed by atoms with van der Waals surface area (Å²) in [5.74, 6) is 0. The molecule has 2 nitrogen and oxygen atoms in total. The number of benzene rings is 2. The van der Waals surface area contributed by atoms with E-state index in [-0.39, 0.29) is 31.0 Å². The monoisotopic (exact) mass is 426 g/mol. The minimum Gasteiger partial charge on any atom is -1.00 e. The summed E-state index contributed by atoms with van der Waals surface area (Å²) in [7, 11) is 0. The summed E-state index contributed by atoms with van der Waals surface area (Å²) < 4.78 is 21.0. The Bertz CT molecular complexity index is 723. The van der Waals surface area contributed by atoms with Gasteiger partial charge in [0.15, 0.2) is 11.1 Å². The predicted molar refractivity (Wildman–Crippen MR) is 123 cm³/mol. The zero-order valence-corrected chi connectivity index (χ0v) is 21.4. The molecule has 0 aliphatic carbocycles. The summed E-state index contributed by atoms with van der Waals surface area (Å²) in [6, 6.07) is 11.8. The van der Waals surface area contributed by atoms with Gasteiger partial charge < -0.3 is 5.98 Å². The molecule has 2 aromatic carbocycles. The van der Waals surface area contributed by atoms with Crippen LogP contribution in [0.1, 0.15) is 97.4 Å². The van der Waals surface area contributed by atoms with Gasteiger partial charge in [-0.25, -0.2) is 4.21 Å². The summed E-state index contributed by atoms with van der Waals surface area (Å²) in [6.45, 7) is 2.28. The van der Waals surface area contributed by atoms with E-state index in [1.807, 2.05) is 18.2 Å². The first-order valence-corrected chi connectivity index (χ1v) is 12.5. The number of unbranched alkanes of at least 4 members (excludes halogenated alkanes) is 12. The summed E-state index contributed by atoms with van der Waals surface area (Å²) >= 11 is -1.93. The van der Waals surface area contributed by atoms with E-state index in [2.05, 4.69) is 19.1 Å². The molecule has 0 amide bonds. The fourth-order valence-corrected chi connectivity index (χ4v) is 4.61. The molecule has 4 heteroatoms. The van der Waals surface area contributed by atoms with Gasteiger partial charge in [-0.15, -0.1) is 0 Å². The molecule has 0 spiro atoms. The molecule has 0 radical (unpaired) electrons. The number of hydrogen-bond acceptors (Lipinski definition) is 1. The minimum absolute atomic E-state index is 0. The smallest absolute Gasteiger partial charge is 1.00 e. The molecule has 29 heavy (non-hydrogen) atoms. The Labute approximate surface area is 204 Å². The molecule has 0 saturated carbocycles. The Morgan fingerprint density at radius 2 is 1.21 bits per heavy atom. The average Bonchev–Trinajstić information content (AvgIpc) is 2.71. The maximum atomic E-state index is 11.5. The number of rotatable bonds is 15. The Morgan fingerprint density at radius 1 is 0.724 bits per heavy atom. The standard InChI is InChI=1S/C25H38O2S.Na.H/c1-2-3-4-5-6-7-8-9-10-11-12-13-14-17-22-18-15-20-24-23(22)19-16-21-25(24)28(26)27;;/h15-16,18-21H,2-14,17H2,1H3,(H,26,27);;/q;+1;-1. The molecule has 0 heterocycles. The van der Waals surface area contributed by atoms with Crippen LogP contribution in [-0.2, 0) is 17.5 Å². The summed E-state index contributed by atoms with van der Waals surface area (Å²) in [4.78, 5) is 0.518. The zero-order valence-electron chi connectivity index (χ0n) is 19.6. The first kappa shape index (κ1) is 26.8. The van der Waals surface area contributed by atoms with Crippen LogP contribution in [0.2, 0.25) is 0 Å². The van der Waals surface area contributed by atoms with E-state index in [9.17, 15) is 8.76 Å². The van der Waals surface area contributed by atoms with Crippen LogP contribution in [0, 0.1) is 0 Å². The average molecular weight is 427 g/mol. The van der Waals surface area contributed by atoms with Crippen LogP contribution >= 0.6 is 0 Å². The number of aryl methyl sites for hydroxylation is 1. The normalized spacial score (nSPS) is 12.1. The summed E-state index contributed by atoms with van der Waals surface area (Å²) in [6.07, 6.45) is 18.9. The summed E-state index contributed by atoms with van der Waals surface area (Å²) in [5, 5.41) is 2.04. The second-order valence-electron chi connectivity index (χ2n) is 8.01. The van der Waals surface area contributed by atoms with E-state index in [1.54, 1.807) is 6.07 Å². The number of hydrogen-bond donors (Lipinski definition) is 1. The molecule has 2 rings (SSSR count). The molecule has 1 N–H and O–H groups in total. The molecule has 0 aliphatic heterocycles. The third kappa shape index (κ3) is 10.1. The molecular formula is C25H39NaO2S. The van der Waals surface area contributed by atoms with E-state index in [1.165, 1.54) is 89.0 Å². The third-order valence-corrected chi connectivity index (χ3v) is 6.44. The van der Waals surface area contributed by atoms with E-state index in [0.29, 0.717) is 4.90 Å². The Hall–Kier alpha value is -0.190.